The molecular formula is C6H13O4P. The Kier molecular flexibility index (Phi) is 4.38. The summed E-state index contributed by atoms with van der Waals surface area (Å²) in [5.74, 6) is -0.472. The molecule has 0 aliphatic carbocycles. The van der Waals surface area contributed by atoms with E-state index in [2.05, 4.69) is 9.26 Å². The molecule has 0 aliphatic heterocycles. The number of rotatable bonds is 4. The summed E-state index contributed by atoms with van der Waals surface area (Å²) in [4.78, 5) is 10.7. The quantitative estimate of drug-likeness (QED) is 0.480. The van der Waals surface area contributed by atoms with Crippen LogP contribution in [0, 0.1) is 0 Å². The van der Waals surface area contributed by atoms with Crippen molar-refractivity contribution in [3.05, 3.63) is 0 Å². The molecule has 0 aromatic rings. The highest BCUT2D eigenvalue weighted by Gasteiger charge is 2.19. The Labute approximate surface area is 66.3 Å². The SMILES string of the molecule is CCOC(=O)CP(C)(=O)OC. The van der Waals surface area contributed by atoms with E-state index in [9.17, 15) is 9.36 Å². The van der Waals surface area contributed by atoms with Gasteiger partial charge in [0.1, 0.15) is 6.16 Å². The Morgan fingerprint density at radius 1 is 1.55 bits per heavy atom. The second kappa shape index (κ2) is 4.52. The molecule has 11 heavy (non-hydrogen) atoms. The van der Waals surface area contributed by atoms with Gasteiger partial charge in [-0.1, -0.05) is 0 Å². The summed E-state index contributed by atoms with van der Waals surface area (Å²) in [5, 5.41) is 0. The lowest BCUT2D eigenvalue weighted by Crippen LogP contribution is -2.10. The molecule has 0 aliphatic rings. The summed E-state index contributed by atoms with van der Waals surface area (Å²) in [6.45, 7) is 3.41. The molecule has 0 amide bonds. The van der Waals surface area contributed by atoms with Crippen LogP contribution in [0.1, 0.15) is 6.92 Å². The molecule has 0 bridgehead atoms. The average Bonchev–Trinajstić information content (AvgIpc) is 1.87. The van der Waals surface area contributed by atoms with E-state index in [1.807, 2.05) is 0 Å². The van der Waals surface area contributed by atoms with E-state index in [0.717, 1.165) is 0 Å². The Morgan fingerprint density at radius 3 is 2.45 bits per heavy atom. The fourth-order valence-corrected chi connectivity index (χ4v) is 1.20. The molecule has 0 saturated carbocycles. The molecule has 0 rings (SSSR count). The first-order valence-electron chi connectivity index (χ1n) is 3.29. The zero-order valence-corrected chi connectivity index (χ0v) is 7.89. The monoisotopic (exact) mass is 180 g/mol. The number of hydrogen-bond donors (Lipinski definition) is 0. The highest BCUT2D eigenvalue weighted by atomic mass is 31.2. The standard InChI is InChI=1S/C6H13O4P/c1-4-10-6(7)5-11(3,8)9-2/h4-5H2,1-3H3. The van der Waals surface area contributed by atoms with Crippen molar-refractivity contribution >= 4 is 13.3 Å². The molecule has 4 nitrogen and oxygen atoms in total. The summed E-state index contributed by atoms with van der Waals surface area (Å²) in [7, 11) is -1.41. The van der Waals surface area contributed by atoms with Gasteiger partial charge in [0, 0.05) is 13.8 Å². The van der Waals surface area contributed by atoms with Gasteiger partial charge < -0.3 is 9.26 Å². The largest absolute Gasteiger partial charge is 0.466 e. The second-order valence-corrected chi connectivity index (χ2v) is 4.87. The summed E-state index contributed by atoms with van der Waals surface area (Å²) in [6, 6.07) is 0. The summed E-state index contributed by atoms with van der Waals surface area (Å²) >= 11 is 0. The van der Waals surface area contributed by atoms with Gasteiger partial charge in [-0.3, -0.25) is 9.36 Å². The highest BCUT2D eigenvalue weighted by Crippen LogP contribution is 2.40. The van der Waals surface area contributed by atoms with Gasteiger partial charge in [-0.05, 0) is 6.92 Å². The first-order chi connectivity index (χ1) is 5.02. The molecule has 0 N–H and O–H groups in total. The van der Waals surface area contributed by atoms with Crippen molar-refractivity contribution in [2.24, 2.45) is 0 Å². The van der Waals surface area contributed by atoms with E-state index in [1.165, 1.54) is 13.8 Å². The lowest BCUT2D eigenvalue weighted by atomic mass is 10.8. The van der Waals surface area contributed by atoms with Crippen molar-refractivity contribution in [1.29, 1.82) is 0 Å². The second-order valence-electron chi connectivity index (χ2n) is 2.16. The minimum atomic E-state index is -2.73. The van der Waals surface area contributed by atoms with Crippen LogP contribution in [-0.4, -0.2) is 32.5 Å². The highest BCUT2D eigenvalue weighted by molar-refractivity contribution is 7.59. The van der Waals surface area contributed by atoms with E-state index in [1.54, 1.807) is 6.92 Å². The maximum atomic E-state index is 11.1. The van der Waals surface area contributed by atoms with Crippen LogP contribution in [0.2, 0.25) is 0 Å². The van der Waals surface area contributed by atoms with Crippen molar-refractivity contribution in [2.45, 2.75) is 6.92 Å². The molecule has 0 radical (unpaired) electrons. The van der Waals surface area contributed by atoms with E-state index < -0.39 is 13.3 Å². The molecule has 0 aromatic heterocycles. The first-order valence-corrected chi connectivity index (χ1v) is 5.55. The Bertz CT molecular complexity index is 177. The predicted octanol–water partition coefficient (Wildman–Crippen LogP) is 1.10. The van der Waals surface area contributed by atoms with Gasteiger partial charge in [0.15, 0.2) is 0 Å². The maximum Gasteiger partial charge on any atom is 0.315 e. The van der Waals surface area contributed by atoms with Gasteiger partial charge in [-0.2, -0.15) is 0 Å². The lowest BCUT2D eigenvalue weighted by Gasteiger charge is -2.08. The van der Waals surface area contributed by atoms with E-state index >= 15 is 0 Å². The molecule has 5 heteroatoms. The number of hydrogen-bond acceptors (Lipinski definition) is 4. The van der Waals surface area contributed by atoms with E-state index in [-0.39, 0.29) is 6.16 Å². The molecule has 0 fully saturated rings. The third kappa shape index (κ3) is 4.99. The third-order valence-corrected chi connectivity index (χ3v) is 2.71. The lowest BCUT2D eigenvalue weighted by molar-refractivity contribution is -0.140. The number of carbonyl (C=O) groups excluding carboxylic acids is 1. The van der Waals surface area contributed by atoms with Crippen LogP contribution in [0.4, 0.5) is 0 Å². The fraction of sp³-hybridized carbons (Fsp3) is 0.833. The molecule has 0 aromatic carbocycles. The Hall–Kier alpha value is -0.340. The topological polar surface area (TPSA) is 52.6 Å². The predicted molar refractivity (Wildman–Crippen MR) is 42.0 cm³/mol. The Balaban J connectivity index is 3.84. The van der Waals surface area contributed by atoms with Crippen LogP contribution in [0.3, 0.4) is 0 Å². The van der Waals surface area contributed by atoms with Gasteiger partial charge in [-0.25, -0.2) is 0 Å². The zero-order chi connectivity index (χ0) is 8.91. The molecule has 1 unspecified atom stereocenters. The van der Waals surface area contributed by atoms with Crippen LogP contribution >= 0.6 is 7.37 Å². The maximum absolute atomic E-state index is 11.1. The van der Waals surface area contributed by atoms with Crippen LogP contribution in [0.5, 0.6) is 0 Å². The summed E-state index contributed by atoms with van der Waals surface area (Å²) < 4.78 is 20.3. The van der Waals surface area contributed by atoms with Crippen molar-refractivity contribution in [1.82, 2.24) is 0 Å². The molecule has 1 atom stereocenters. The summed E-state index contributed by atoms with van der Waals surface area (Å²) in [5.41, 5.74) is 0. The third-order valence-electron chi connectivity index (χ3n) is 1.11. The molecule has 0 spiro atoms. The minimum Gasteiger partial charge on any atom is -0.466 e. The van der Waals surface area contributed by atoms with Gasteiger partial charge in [0.25, 0.3) is 0 Å². The van der Waals surface area contributed by atoms with Gasteiger partial charge in [-0.15, -0.1) is 0 Å². The molecule has 66 valence electrons. The first kappa shape index (κ1) is 10.7. The Morgan fingerprint density at radius 2 is 2.09 bits per heavy atom. The van der Waals surface area contributed by atoms with Crippen molar-refractivity contribution in [2.75, 3.05) is 26.5 Å². The number of ether oxygens (including phenoxy) is 1. The molecule has 0 heterocycles. The smallest absolute Gasteiger partial charge is 0.315 e. The van der Waals surface area contributed by atoms with E-state index in [0.29, 0.717) is 6.61 Å². The minimum absolute atomic E-state index is 0.142. The number of esters is 1. The van der Waals surface area contributed by atoms with E-state index in [4.69, 9.17) is 0 Å². The molecule has 0 saturated heterocycles. The fourth-order valence-electron chi connectivity index (χ4n) is 0.506. The van der Waals surface area contributed by atoms with Crippen molar-refractivity contribution < 1.29 is 18.6 Å². The van der Waals surface area contributed by atoms with Crippen LogP contribution in [-0.2, 0) is 18.6 Å². The van der Waals surface area contributed by atoms with Gasteiger partial charge >= 0.3 is 5.97 Å². The normalized spacial score (nSPS) is 15.5. The zero-order valence-electron chi connectivity index (χ0n) is 6.99. The van der Waals surface area contributed by atoms with Crippen molar-refractivity contribution in [3.8, 4) is 0 Å². The van der Waals surface area contributed by atoms with Gasteiger partial charge in [0.05, 0.1) is 6.61 Å². The van der Waals surface area contributed by atoms with Crippen LogP contribution in [0.25, 0.3) is 0 Å². The van der Waals surface area contributed by atoms with Crippen LogP contribution < -0.4 is 0 Å². The summed E-state index contributed by atoms with van der Waals surface area (Å²) in [6.07, 6.45) is -0.142. The average molecular weight is 180 g/mol. The van der Waals surface area contributed by atoms with Crippen LogP contribution in [0.15, 0.2) is 0 Å². The molecular weight excluding hydrogens is 167 g/mol. The van der Waals surface area contributed by atoms with Crippen molar-refractivity contribution in [3.63, 3.8) is 0 Å². The van der Waals surface area contributed by atoms with Gasteiger partial charge in [0.2, 0.25) is 7.37 Å². The number of carbonyl (C=O) groups is 1.